The zero-order valence-electron chi connectivity index (χ0n) is 31.9. The van der Waals surface area contributed by atoms with Gasteiger partial charge in [0.15, 0.2) is 6.10 Å². The van der Waals surface area contributed by atoms with E-state index in [1.807, 2.05) is 6.08 Å². The first kappa shape index (κ1) is 47.0. The number of unbranched alkanes of at least 4 members (excludes halogenated alkanes) is 15. The van der Waals surface area contributed by atoms with Crippen LogP contribution in [0.4, 0.5) is 0 Å². The highest BCUT2D eigenvalue weighted by Crippen LogP contribution is 2.36. The first-order chi connectivity index (χ1) is 24.7. The molecule has 3 atom stereocenters. The van der Waals surface area contributed by atoms with E-state index in [0.717, 1.165) is 57.8 Å². The minimum atomic E-state index is -4.77. The second kappa shape index (κ2) is 32.6. The lowest BCUT2D eigenvalue weighted by Gasteiger charge is -2.18. The summed E-state index contributed by atoms with van der Waals surface area (Å²) >= 11 is 0. The molecule has 0 saturated carbocycles. The summed E-state index contributed by atoms with van der Waals surface area (Å²) in [5.41, 5.74) is 0. The molecular formula is C41H71O9P. The van der Waals surface area contributed by atoms with Gasteiger partial charge in [-0.25, -0.2) is 4.57 Å². The largest absolute Gasteiger partial charge is 0.469 e. The Morgan fingerprint density at radius 2 is 1.08 bits per heavy atom. The van der Waals surface area contributed by atoms with Gasteiger partial charge in [0.1, 0.15) is 6.61 Å². The number of phosphoric acid groups is 1. The van der Waals surface area contributed by atoms with Crippen molar-refractivity contribution in [1.29, 1.82) is 0 Å². The maximum Gasteiger partial charge on any atom is 0.469 e. The van der Waals surface area contributed by atoms with Gasteiger partial charge < -0.3 is 24.0 Å². The predicted octanol–water partition coefficient (Wildman–Crippen LogP) is 10.9. The summed E-state index contributed by atoms with van der Waals surface area (Å²) < 4.78 is 32.0. The quantitative estimate of drug-likeness (QED) is 0.0214. The van der Waals surface area contributed by atoms with Crippen molar-refractivity contribution in [1.82, 2.24) is 0 Å². The lowest BCUT2D eigenvalue weighted by Crippen LogP contribution is -2.29. The summed E-state index contributed by atoms with van der Waals surface area (Å²) in [7, 11) is -4.77. The van der Waals surface area contributed by atoms with Gasteiger partial charge in [0, 0.05) is 12.8 Å². The molecule has 9 nitrogen and oxygen atoms in total. The number of carbonyl (C=O) groups excluding carboxylic acids is 2. The van der Waals surface area contributed by atoms with E-state index in [0.29, 0.717) is 25.0 Å². The molecule has 10 heteroatoms. The van der Waals surface area contributed by atoms with Gasteiger partial charge in [-0.05, 0) is 77.0 Å². The third-order valence-electron chi connectivity index (χ3n) is 8.72. The average molecular weight is 739 g/mol. The van der Waals surface area contributed by atoms with Gasteiger partial charge in [-0.3, -0.25) is 14.1 Å². The Balaban J connectivity index is 2.12. The molecule has 0 radical (unpaired) electrons. The van der Waals surface area contributed by atoms with Crippen LogP contribution in [0.25, 0.3) is 0 Å². The van der Waals surface area contributed by atoms with Gasteiger partial charge in [0.05, 0.1) is 18.8 Å². The fourth-order valence-electron chi connectivity index (χ4n) is 5.58. The molecule has 0 aliphatic carbocycles. The lowest BCUT2D eigenvalue weighted by molar-refractivity contribution is -0.161. The van der Waals surface area contributed by atoms with Crippen molar-refractivity contribution in [3.8, 4) is 0 Å². The summed E-state index contributed by atoms with van der Waals surface area (Å²) in [6, 6.07) is 0. The number of hydrogen-bond acceptors (Lipinski definition) is 7. The minimum Gasteiger partial charge on any atom is -0.462 e. The van der Waals surface area contributed by atoms with Crippen LogP contribution in [-0.2, 0) is 32.9 Å². The number of epoxide rings is 1. The van der Waals surface area contributed by atoms with E-state index in [2.05, 4.69) is 60.9 Å². The number of rotatable bonds is 35. The molecular weight excluding hydrogens is 667 g/mol. The number of phosphoric ester groups is 1. The van der Waals surface area contributed by atoms with Crippen molar-refractivity contribution in [2.75, 3.05) is 13.2 Å². The summed E-state index contributed by atoms with van der Waals surface area (Å²) in [6.45, 7) is 3.57. The topological polar surface area (TPSA) is 132 Å². The van der Waals surface area contributed by atoms with Gasteiger partial charge in [0.25, 0.3) is 0 Å². The maximum atomic E-state index is 12.4. The number of esters is 2. The molecule has 0 aromatic rings. The molecule has 51 heavy (non-hydrogen) atoms. The van der Waals surface area contributed by atoms with Crippen molar-refractivity contribution in [3.05, 3.63) is 48.6 Å². The van der Waals surface area contributed by atoms with E-state index in [1.165, 1.54) is 70.6 Å². The highest BCUT2D eigenvalue weighted by molar-refractivity contribution is 7.46. The number of allylic oxidation sites excluding steroid dienone is 6. The van der Waals surface area contributed by atoms with Crippen molar-refractivity contribution in [2.24, 2.45) is 0 Å². The summed E-state index contributed by atoms with van der Waals surface area (Å²) in [4.78, 5) is 42.8. The fraction of sp³-hybridized carbons (Fsp3) is 0.756. The molecule has 1 rings (SSSR count). The lowest BCUT2D eigenvalue weighted by atomic mass is 10.1. The number of hydrogen-bond donors (Lipinski definition) is 2. The molecule has 1 saturated heterocycles. The van der Waals surface area contributed by atoms with E-state index >= 15 is 0 Å². The second-order valence-electron chi connectivity index (χ2n) is 13.6. The molecule has 0 aromatic carbocycles. The van der Waals surface area contributed by atoms with E-state index in [1.54, 1.807) is 0 Å². The molecule has 0 bridgehead atoms. The Morgan fingerprint density at radius 3 is 1.73 bits per heavy atom. The van der Waals surface area contributed by atoms with Crippen molar-refractivity contribution in [2.45, 2.75) is 186 Å². The maximum absolute atomic E-state index is 12.4. The van der Waals surface area contributed by atoms with Crippen LogP contribution >= 0.6 is 7.82 Å². The van der Waals surface area contributed by atoms with Crippen LogP contribution in [-0.4, -0.2) is 53.3 Å². The van der Waals surface area contributed by atoms with Crippen LogP contribution in [0, 0.1) is 0 Å². The standard InChI is InChI=1S/C41H71O9P/c1-3-5-7-9-11-12-13-14-15-16-17-18-21-26-30-34-41(43)49-37(36-48-51(44,45)46)35-47-40(42)33-29-25-22-19-20-24-28-32-39-38(50-39)31-27-23-10-8-6-4-2/h12-13,19,22-24,27-28,37-39H,3-11,14-18,20-21,25-26,29-36H2,1-2H3,(H2,44,45,46)/b13-12-,22-19-,27-23-,28-24-/t37-,38?,39?/m1/s1. The Kier molecular flexibility index (Phi) is 30.0. The molecule has 1 fully saturated rings. The van der Waals surface area contributed by atoms with Crippen LogP contribution in [0.5, 0.6) is 0 Å². The molecule has 1 heterocycles. The molecule has 0 aromatic heterocycles. The summed E-state index contributed by atoms with van der Waals surface area (Å²) in [5, 5.41) is 0. The third kappa shape index (κ3) is 32.4. The minimum absolute atomic E-state index is 0.184. The van der Waals surface area contributed by atoms with Crippen molar-refractivity contribution in [3.63, 3.8) is 0 Å². The Labute approximate surface area is 309 Å². The Bertz CT molecular complexity index is 1030. The van der Waals surface area contributed by atoms with Crippen molar-refractivity contribution >= 4 is 19.8 Å². The van der Waals surface area contributed by atoms with Crippen LogP contribution in [0.15, 0.2) is 48.6 Å². The molecule has 0 spiro atoms. The Hall–Kier alpha value is -2.03. The number of carbonyl (C=O) groups is 2. The second-order valence-corrected chi connectivity index (χ2v) is 14.9. The highest BCUT2D eigenvalue weighted by atomic mass is 31.2. The van der Waals surface area contributed by atoms with E-state index < -0.39 is 32.5 Å². The summed E-state index contributed by atoms with van der Waals surface area (Å²) in [6.07, 6.45) is 41.5. The highest BCUT2D eigenvalue weighted by Gasteiger charge is 2.36. The summed E-state index contributed by atoms with van der Waals surface area (Å²) in [5.74, 6) is -0.963. The normalized spacial score (nSPS) is 16.9. The van der Waals surface area contributed by atoms with Gasteiger partial charge in [-0.15, -0.1) is 0 Å². The zero-order valence-corrected chi connectivity index (χ0v) is 32.8. The van der Waals surface area contributed by atoms with Crippen LogP contribution < -0.4 is 0 Å². The molecule has 1 aliphatic heterocycles. The van der Waals surface area contributed by atoms with E-state index in [-0.39, 0.29) is 19.4 Å². The van der Waals surface area contributed by atoms with E-state index in [4.69, 9.17) is 24.0 Å². The van der Waals surface area contributed by atoms with Crippen molar-refractivity contribution < 1.29 is 42.7 Å². The fourth-order valence-corrected chi connectivity index (χ4v) is 5.94. The number of ether oxygens (including phenoxy) is 3. The van der Waals surface area contributed by atoms with Gasteiger partial charge in [-0.2, -0.15) is 0 Å². The average Bonchev–Trinajstić information content (AvgIpc) is 3.85. The van der Waals surface area contributed by atoms with Gasteiger partial charge in [-0.1, -0.05) is 127 Å². The molecule has 2 N–H and O–H groups in total. The molecule has 0 amide bonds. The monoisotopic (exact) mass is 738 g/mol. The first-order valence-corrected chi connectivity index (χ1v) is 21.6. The SMILES string of the molecule is CCCCC/C=C\CC1OC1C/C=C\C/C=C\CCCC(=O)OC[C@H](COP(=O)(O)O)OC(=O)CCCCCCCCC/C=C\CCCCCC. The smallest absolute Gasteiger partial charge is 0.462 e. The third-order valence-corrected chi connectivity index (χ3v) is 9.21. The predicted molar refractivity (Wildman–Crippen MR) is 206 cm³/mol. The van der Waals surface area contributed by atoms with Crippen LogP contribution in [0.3, 0.4) is 0 Å². The zero-order chi connectivity index (χ0) is 37.3. The molecule has 2 unspecified atom stereocenters. The molecule has 1 aliphatic rings. The van der Waals surface area contributed by atoms with E-state index in [9.17, 15) is 14.2 Å². The van der Waals surface area contributed by atoms with Crippen LogP contribution in [0.2, 0.25) is 0 Å². The van der Waals surface area contributed by atoms with Gasteiger partial charge in [0.2, 0.25) is 0 Å². The van der Waals surface area contributed by atoms with Gasteiger partial charge >= 0.3 is 19.8 Å². The van der Waals surface area contributed by atoms with Crippen LogP contribution in [0.1, 0.15) is 168 Å². The molecule has 294 valence electrons. The Morgan fingerprint density at radius 1 is 0.608 bits per heavy atom. The first-order valence-electron chi connectivity index (χ1n) is 20.1.